The summed E-state index contributed by atoms with van der Waals surface area (Å²) in [7, 11) is 3.07. The number of halogens is 1. The summed E-state index contributed by atoms with van der Waals surface area (Å²) in [5.74, 6) is 0.760. The first-order chi connectivity index (χ1) is 13.5. The lowest BCUT2D eigenvalue weighted by Gasteiger charge is -2.33. The van der Waals surface area contributed by atoms with Crippen LogP contribution in [0.2, 0.25) is 0 Å². The van der Waals surface area contributed by atoms with Crippen LogP contribution in [-0.4, -0.2) is 50.1 Å². The van der Waals surface area contributed by atoms with Crippen molar-refractivity contribution in [2.75, 3.05) is 27.3 Å². The molecule has 2 aromatic carbocycles. The van der Waals surface area contributed by atoms with E-state index in [4.69, 9.17) is 9.47 Å². The first kappa shape index (κ1) is 20.2. The normalized spacial score (nSPS) is 14.5. The van der Waals surface area contributed by atoms with Gasteiger partial charge in [0.25, 0.3) is 11.8 Å². The van der Waals surface area contributed by atoms with Gasteiger partial charge in [-0.05, 0) is 53.0 Å². The number of rotatable bonds is 5. The molecular formula is C21H23BrN2O4. The van der Waals surface area contributed by atoms with Crippen LogP contribution >= 0.6 is 15.9 Å². The van der Waals surface area contributed by atoms with Gasteiger partial charge >= 0.3 is 0 Å². The minimum Gasteiger partial charge on any atom is -0.496 e. The molecule has 6 nitrogen and oxygen atoms in total. The summed E-state index contributed by atoms with van der Waals surface area (Å²) in [5, 5.41) is 3.06. The molecule has 1 N–H and O–H groups in total. The zero-order valence-corrected chi connectivity index (χ0v) is 17.5. The van der Waals surface area contributed by atoms with Crippen molar-refractivity contribution in [2.45, 2.75) is 18.9 Å². The molecule has 2 aromatic rings. The standard InChI is InChI=1S/C21H23BrN2O4/c1-27-17-8-5-9-18(28-2)19(17)21(26)24-12-10-14(11-13-24)23-20(25)15-6-3-4-7-16(15)22/h3-9,14H,10-13H2,1-2H3,(H,23,25). The van der Waals surface area contributed by atoms with Crippen LogP contribution in [0, 0.1) is 0 Å². The molecule has 1 aliphatic heterocycles. The molecule has 3 rings (SSSR count). The number of methoxy groups -OCH3 is 2. The predicted octanol–water partition coefficient (Wildman–Crippen LogP) is 3.50. The van der Waals surface area contributed by atoms with Gasteiger partial charge in [0.05, 0.1) is 19.8 Å². The van der Waals surface area contributed by atoms with E-state index in [0.717, 1.165) is 4.47 Å². The molecule has 0 atom stereocenters. The van der Waals surface area contributed by atoms with Crippen molar-refractivity contribution >= 4 is 27.7 Å². The van der Waals surface area contributed by atoms with Gasteiger partial charge < -0.3 is 19.7 Å². The van der Waals surface area contributed by atoms with Gasteiger partial charge in [-0.3, -0.25) is 9.59 Å². The number of hydrogen-bond acceptors (Lipinski definition) is 4. The summed E-state index contributed by atoms with van der Waals surface area (Å²) >= 11 is 3.41. The highest BCUT2D eigenvalue weighted by Gasteiger charge is 2.28. The summed E-state index contributed by atoms with van der Waals surface area (Å²) < 4.78 is 11.5. The van der Waals surface area contributed by atoms with Crippen LogP contribution in [0.15, 0.2) is 46.9 Å². The first-order valence-electron chi connectivity index (χ1n) is 9.10. The van der Waals surface area contributed by atoms with Gasteiger partial charge in [-0.2, -0.15) is 0 Å². The molecule has 0 unspecified atom stereocenters. The van der Waals surface area contributed by atoms with E-state index in [1.807, 2.05) is 18.2 Å². The highest BCUT2D eigenvalue weighted by molar-refractivity contribution is 9.10. The SMILES string of the molecule is COc1cccc(OC)c1C(=O)N1CCC(NC(=O)c2ccccc2Br)CC1. The number of likely N-dealkylation sites (tertiary alicyclic amines) is 1. The lowest BCUT2D eigenvalue weighted by atomic mass is 10.0. The largest absolute Gasteiger partial charge is 0.496 e. The number of carbonyl (C=O) groups excluding carboxylic acids is 2. The van der Waals surface area contributed by atoms with Crippen molar-refractivity contribution in [1.29, 1.82) is 0 Å². The van der Waals surface area contributed by atoms with Crippen LogP contribution in [0.4, 0.5) is 0 Å². The van der Waals surface area contributed by atoms with Crippen molar-refractivity contribution in [3.63, 3.8) is 0 Å². The van der Waals surface area contributed by atoms with Gasteiger partial charge in [-0.15, -0.1) is 0 Å². The lowest BCUT2D eigenvalue weighted by Crippen LogP contribution is -2.46. The number of nitrogens with zero attached hydrogens (tertiary/aromatic N) is 1. The topological polar surface area (TPSA) is 67.9 Å². The highest BCUT2D eigenvalue weighted by Crippen LogP contribution is 2.30. The number of amides is 2. The second-order valence-electron chi connectivity index (χ2n) is 6.56. The van der Waals surface area contributed by atoms with Crippen LogP contribution in [-0.2, 0) is 0 Å². The van der Waals surface area contributed by atoms with Gasteiger partial charge in [0.1, 0.15) is 17.1 Å². The Kier molecular flexibility index (Phi) is 6.57. The Morgan fingerprint density at radius 3 is 2.18 bits per heavy atom. The average Bonchev–Trinajstić information content (AvgIpc) is 2.73. The monoisotopic (exact) mass is 446 g/mol. The van der Waals surface area contributed by atoms with Crippen LogP contribution < -0.4 is 14.8 Å². The van der Waals surface area contributed by atoms with Crippen molar-refractivity contribution in [3.05, 3.63) is 58.1 Å². The molecule has 0 radical (unpaired) electrons. The maximum atomic E-state index is 13.0. The summed E-state index contributed by atoms with van der Waals surface area (Å²) in [5.41, 5.74) is 1.04. The quantitative estimate of drug-likeness (QED) is 0.762. The smallest absolute Gasteiger partial charge is 0.261 e. The summed E-state index contributed by atoms with van der Waals surface area (Å²) in [6.45, 7) is 1.11. The fraction of sp³-hybridized carbons (Fsp3) is 0.333. The Morgan fingerprint density at radius 1 is 1.00 bits per heavy atom. The maximum absolute atomic E-state index is 13.0. The zero-order valence-electron chi connectivity index (χ0n) is 15.9. The molecule has 0 spiro atoms. The number of ether oxygens (including phenoxy) is 2. The molecule has 2 amide bonds. The number of carbonyl (C=O) groups is 2. The Balaban J connectivity index is 1.64. The molecule has 0 aromatic heterocycles. The fourth-order valence-corrected chi connectivity index (χ4v) is 3.82. The van der Waals surface area contributed by atoms with Gasteiger partial charge in [0, 0.05) is 23.6 Å². The average molecular weight is 447 g/mol. The molecule has 1 aliphatic rings. The van der Waals surface area contributed by atoms with Crippen molar-refractivity contribution in [3.8, 4) is 11.5 Å². The predicted molar refractivity (Wildman–Crippen MR) is 110 cm³/mol. The Labute approximate surface area is 172 Å². The molecular weight excluding hydrogens is 424 g/mol. The fourth-order valence-electron chi connectivity index (χ4n) is 3.36. The van der Waals surface area contributed by atoms with Crippen LogP contribution in [0.5, 0.6) is 11.5 Å². The second kappa shape index (κ2) is 9.10. The van der Waals surface area contributed by atoms with Gasteiger partial charge in [0.15, 0.2) is 0 Å². The van der Waals surface area contributed by atoms with E-state index < -0.39 is 0 Å². The van der Waals surface area contributed by atoms with Crippen molar-refractivity contribution in [2.24, 2.45) is 0 Å². The molecule has 28 heavy (non-hydrogen) atoms. The number of piperidine rings is 1. The summed E-state index contributed by atoms with van der Waals surface area (Å²) in [6.07, 6.45) is 1.39. The second-order valence-corrected chi connectivity index (χ2v) is 7.41. The summed E-state index contributed by atoms with van der Waals surface area (Å²) in [4.78, 5) is 27.3. The number of hydrogen-bond donors (Lipinski definition) is 1. The number of benzene rings is 2. The minimum absolute atomic E-state index is 0.0308. The lowest BCUT2D eigenvalue weighted by molar-refractivity contribution is 0.0691. The Bertz CT molecular complexity index is 841. The third-order valence-electron chi connectivity index (χ3n) is 4.88. The molecule has 0 aliphatic carbocycles. The zero-order chi connectivity index (χ0) is 20.1. The molecule has 0 bridgehead atoms. The number of nitrogens with one attached hydrogen (secondary N) is 1. The highest BCUT2D eigenvalue weighted by atomic mass is 79.9. The van der Waals surface area contributed by atoms with Gasteiger partial charge in [-0.1, -0.05) is 18.2 Å². The van der Waals surface area contributed by atoms with Crippen molar-refractivity contribution < 1.29 is 19.1 Å². The van der Waals surface area contributed by atoms with E-state index >= 15 is 0 Å². The third-order valence-corrected chi connectivity index (χ3v) is 5.57. The molecule has 148 valence electrons. The van der Waals surface area contributed by atoms with Gasteiger partial charge in [0.2, 0.25) is 0 Å². The molecule has 7 heteroatoms. The molecule has 1 heterocycles. The molecule has 0 saturated carbocycles. The van der Waals surface area contributed by atoms with E-state index in [-0.39, 0.29) is 17.9 Å². The van der Waals surface area contributed by atoms with E-state index in [1.54, 1.807) is 29.2 Å². The van der Waals surface area contributed by atoms with Crippen molar-refractivity contribution in [1.82, 2.24) is 10.2 Å². The van der Waals surface area contributed by atoms with Crippen LogP contribution in [0.25, 0.3) is 0 Å². The Morgan fingerprint density at radius 2 is 1.61 bits per heavy atom. The van der Waals surface area contributed by atoms with Crippen LogP contribution in [0.3, 0.4) is 0 Å². The van der Waals surface area contributed by atoms with E-state index in [9.17, 15) is 9.59 Å². The first-order valence-corrected chi connectivity index (χ1v) is 9.90. The van der Waals surface area contributed by atoms with E-state index in [2.05, 4.69) is 21.2 Å². The molecule has 1 fully saturated rings. The third kappa shape index (κ3) is 4.30. The summed E-state index contributed by atoms with van der Waals surface area (Å²) in [6, 6.07) is 12.7. The Hall–Kier alpha value is -2.54. The maximum Gasteiger partial charge on any atom is 0.261 e. The molecule has 1 saturated heterocycles. The van der Waals surface area contributed by atoms with Crippen LogP contribution in [0.1, 0.15) is 33.6 Å². The minimum atomic E-state index is -0.120. The van der Waals surface area contributed by atoms with Gasteiger partial charge in [-0.25, -0.2) is 0 Å². The van der Waals surface area contributed by atoms with E-state index in [1.165, 1.54) is 14.2 Å². The van der Waals surface area contributed by atoms with E-state index in [0.29, 0.717) is 48.6 Å².